The van der Waals surface area contributed by atoms with Gasteiger partial charge in [0.15, 0.2) is 0 Å². The molecule has 0 heterocycles. The van der Waals surface area contributed by atoms with Gasteiger partial charge in [-0.25, -0.2) is 0 Å². The molecule has 34 heavy (non-hydrogen) atoms. The topological polar surface area (TPSA) is 86.2 Å². The van der Waals surface area contributed by atoms with Crippen molar-refractivity contribution in [3.63, 3.8) is 0 Å². The number of hydrogen-bond donors (Lipinski definition) is 2. The number of carbonyl (C=O) groups is 1. The lowest BCUT2D eigenvalue weighted by molar-refractivity contribution is -0.148. The summed E-state index contributed by atoms with van der Waals surface area (Å²) in [5.74, 6) is 0.514. The molecule has 1 rings (SSSR count). The van der Waals surface area contributed by atoms with E-state index in [0.29, 0.717) is 19.6 Å². The van der Waals surface area contributed by atoms with Crippen LogP contribution in [0.3, 0.4) is 0 Å². The number of carbonyl (C=O) groups excluding carboxylic acids is 1. The molecule has 0 radical (unpaired) electrons. The van der Waals surface area contributed by atoms with Crippen LogP contribution in [0.15, 0.2) is 24.3 Å². The molecule has 0 aliphatic carbocycles. The van der Waals surface area contributed by atoms with Crippen molar-refractivity contribution in [2.45, 2.75) is 90.6 Å². The Morgan fingerprint density at radius 3 is 2.24 bits per heavy atom. The Morgan fingerprint density at radius 1 is 0.971 bits per heavy atom. The number of likely N-dealkylation sites (N-methyl/N-ethyl adjacent to an activating group) is 1. The van der Waals surface area contributed by atoms with Gasteiger partial charge in [0.1, 0.15) is 11.9 Å². The molecule has 196 valence electrons. The first-order chi connectivity index (χ1) is 16.5. The second-order valence-corrected chi connectivity index (χ2v) is 9.55. The van der Waals surface area contributed by atoms with Gasteiger partial charge in [-0.2, -0.15) is 0 Å². The van der Waals surface area contributed by atoms with Crippen molar-refractivity contribution in [2.75, 3.05) is 33.4 Å². The SMILES string of the molecule is CCCCCCCCCCCOc1ccc(CCC(COP(O)OCCNC)OC(C)=O)cc1. The van der Waals surface area contributed by atoms with E-state index < -0.39 is 14.7 Å². The van der Waals surface area contributed by atoms with Gasteiger partial charge in [-0.05, 0) is 44.0 Å². The maximum Gasteiger partial charge on any atom is 0.330 e. The van der Waals surface area contributed by atoms with Crippen LogP contribution in [0.2, 0.25) is 0 Å². The number of esters is 1. The third-order valence-electron chi connectivity index (χ3n) is 5.45. The van der Waals surface area contributed by atoms with Gasteiger partial charge in [0.05, 0.1) is 19.8 Å². The Balaban J connectivity index is 2.23. The first-order valence-corrected chi connectivity index (χ1v) is 14.0. The predicted molar refractivity (Wildman–Crippen MR) is 138 cm³/mol. The number of unbranched alkanes of at least 4 members (excludes halogenated alkanes) is 8. The van der Waals surface area contributed by atoms with E-state index in [0.717, 1.165) is 30.8 Å². The van der Waals surface area contributed by atoms with E-state index in [1.807, 2.05) is 24.3 Å². The summed E-state index contributed by atoms with van der Waals surface area (Å²) >= 11 is 0. The molecule has 0 saturated carbocycles. The van der Waals surface area contributed by atoms with Gasteiger partial charge in [-0.1, -0.05) is 70.4 Å². The fourth-order valence-corrected chi connectivity index (χ4v) is 4.12. The Morgan fingerprint density at radius 2 is 1.62 bits per heavy atom. The molecule has 0 fully saturated rings. The van der Waals surface area contributed by atoms with E-state index >= 15 is 0 Å². The summed E-state index contributed by atoms with van der Waals surface area (Å²) in [4.78, 5) is 21.2. The van der Waals surface area contributed by atoms with Crippen molar-refractivity contribution in [2.24, 2.45) is 0 Å². The van der Waals surface area contributed by atoms with Crippen LogP contribution in [0, 0.1) is 0 Å². The molecule has 0 spiro atoms. The molecule has 0 amide bonds. The number of ether oxygens (including phenoxy) is 2. The van der Waals surface area contributed by atoms with E-state index in [2.05, 4.69) is 12.2 Å². The van der Waals surface area contributed by atoms with Gasteiger partial charge in [-0.15, -0.1) is 0 Å². The third kappa shape index (κ3) is 17.2. The van der Waals surface area contributed by atoms with Crippen molar-refractivity contribution in [3.05, 3.63) is 29.8 Å². The Kier molecular flexibility index (Phi) is 19.1. The molecule has 2 atom stereocenters. The average molecular weight is 500 g/mol. The molecule has 0 aliphatic rings. The zero-order valence-electron chi connectivity index (χ0n) is 21.4. The number of nitrogens with one attached hydrogen (secondary N) is 1. The summed E-state index contributed by atoms with van der Waals surface area (Å²) in [6.45, 7) is 5.45. The van der Waals surface area contributed by atoms with E-state index in [9.17, 15) is 9.69 Å². The first kappa shape index (κ1) is 30.8. The number of aryl methyl sites for hydroxylation is 1. The third-order valence-corrected chi connectivity index (χ3v) is 6.23. The van der Waals surface area contributed by atoms with Crippen LogP contribution in [0.1, 0.15) is 83.6 Å². The minimum Gasteiger partial charge on any atom is -0.494 e. The fraction of sp³-hybridized carbons (Fsp3) is 0.731. The van der Waals surface area contributed by atoms with E-state index in [1.54, 1.807) is 7.05 Å². The smallest absolute Gasteiger partial charge is 0.330 e. The summed E-state index contributed by atoms with van der Waals surface area (Å²) in [6, 6.07) is 8.06. The lowest BCUT2D eigenvalue weighted by Crippen LogP contribution is -2.22. The molecule has 8 heteroatoms. The highest BCUT2D eigenvalue weighted by Crippen LogP contribution is 2.33. The highest BCUT2D eigenvalue weighted by atomic mass is 31.2. The fourth-order valence-electron chi connectivity index (χ4n) is 3.50. The number of rotatable bonds is 22. The number of hydrogen-bond acceptors (Lipinski definition) is 7. The van der Waals surface area contributed by atoms with Crippen LogP contribution < -0.4 is 10.1 Å². The van der Waals surface area contributed by atoms with Crippen molar-refractivity contribution in [3.8, 4) is 5.75 Å². The standard InChI is InChI=1S/C26H46NO6P/c1-4-5-6-7-8-9-10-11-12-20-30-25-16-13-24(14-17-25)15-18-26(33-23(2)28)22-32-34(29)31-21-19-27-3/h13-14,16-17,26-27,29H,4-12,15,18-22H2,1-3H3. The van der Waals surface area contributed by atoms with Gasteiger partial charge in [-0.3, -0.25) is 4.79 Å². The number of benzene rings is 1. The molecule has 7 nitrogen and oxygen atoms in total. The van der Waals surface area contributed by atoms with Gasteiger partial charge >= 0.3 is 14.6 Å². The molecule has 0 bridgehead atoms. The van der Waals surface area contributed by atoms with Crippen molar-refractivity contribution >= 4 is 14.6 Å². The zero-order chi connectivity index (χ0) is 24.9. The maximum atomic E-state index is 11.4. The van der Waals surface area contributed by atoms with Crippen LogP contribution >= 0.6 is 8.60 Å². The van der Waals surface area contributed by atoms with Crippen molar-refractivity contribution in [1.29, 1.82) is 0 Å². The first-order valence-electron chi connectivity index (χ1n) is 12.8. The van der Waals surface area contributed by atoms with E-state index in [1.165, 1.54) is 58.3 Å². The van der Waals surface area contributed by atoms with Crippen LogP contribution in [-0.4, -0.2) is 50.4 Å². The van der Waals surface area contributed by atoms with Crippen molar-refractivity contribution in [1.82, 2.24) is 5.32 Å². The van der Waals surface area contributed by atoms with Crippen LogP contribution in [0.4, 0.5) is 0 Å². The van der Waals surface area contributed by atoms with Gasteiger partial charge in [0, 0.05) is 13.5 Å². The lowest BCUT2D eigenvalue weighted by atomic mass is 10.1. The highest BCUT2D eigenvalue weighted by molar-refractivity contribution is 7.40. The molecule has 1 aromatic rings. The quantitative estimate of drug-likeness (QED) is 0.116. The highest BCUT2D eigenvalue weighted by Gasteiger charge is 2.16. The molecular weight excluding hydrogens is 453 g/mol. The summed E-state index contributed by atoms with van der Waals surface area (Å²) in [5.41, 5.74) is 1.13. The Bertz CT molecular complexity index is 616. The monoisotopic (exact) mass is 499 g/mol. The second-order valence-electron chi connectivity index (χ2n) is 8.56. The molecule has 2 N–H and O–H groups in total. The normalized spacial score (nSPS) is 12.9. The minimum atomic E-state index is -1.98. The van der Waals surface area contributed by atoms with E-state index in [-0.39, 0.29) is 12.6 Å². The van der Waals surface area contributed by atoms with Crippen molar-refractivity contribution < 1.29 is 28.2 Å². The summed E-state index contributed by atoms with van der Waals surface area (Å²) in [7, 11) is -0.179. The summed E-state index contributed by atoms with van der Waals surface area (Å²) in [5, 5.41) is 2.93. The molecule has 1 aromatic carbocycles. The molecule has 0 aliphatic heterocycles. The van der Waals surface area contributed by atoms with Gasteiger partial charge < -0.3 is 28.7 Å². The van der Waals surface area contributed by atoms with E-state index in [4.69, 9.17) is 18.5 Å². The van der Waals surface area contributed by atoms with Gasteiger partial charge in [0.2, 0.25) is 0 Å². The zero-order valence-corrected chi connectivity index (χ0v) is 22.3. The molecule has 0 saturated heterocycles. The average Bonchev–Trinajstić information content (AvgIpc) is 2.82. The summed E-state index contributed by atoms with van der Waals surface area (Å²) < 4.78 is 21.7. The molecule has 0 aromatic heterocycles. The molecule has 2 unspecified atom stereocenters. The van der Waals surface area contributed by atoms with Crippen LogP contribution in [0.25, 0.3) is 0 Å². The summed E-state index contributed by atoms with van der Waals surface area (Å²) in [6.07, 6.45) is 12.6. The van der Waals surface area contributed by atoms with Crippen LogP contribution in [-0.2, 0) is 25.0 Å². The largest absolute Gasteiger partial charge is 0.494 e. The van der Waals surface area contributed by atoms with Gasteiger partial charge in [0.25, 0.3) is 0 Å². The minimum absolute atomic E-state index is 0.0985. The Labute approximate surface area is 207 Å². The van der Waals surface area contributed by atoms with Crippen LogP contribution in [0.5, 0.6) is 5.75 Å². The second kappa shape index (κ2) is 21.1. The predicted octanol–water partition coefficient (Wildman–Crippen LogP) is 5.93. The lowest BCUT2D eigenvalue weighted by Gasteiger charge is -2.19. The Hall–Kier alpha value is -1.24. The maximum absolute atomic E-state index is 11.4. The molecular formula is C26H46NO6P.